The van der Waals surface area contributed by atoms with Crippen LogP contribution in [0.25, 0.3) is 51.0 Å². The van der Waals surface area contributed by atoms with Crippen LogP contribution in [0.2, 0.25) is 0 Å². The molecule has 0 saturated heterocycles. The Morgan fingerprint density at radius 1 is 0.562 bits per heavy atom. The molecule has 0 aliphatic carbocycles. The third kappa shape index (κ3) is 8.14. The summed E-state index contributed by atoms with van der Waals surface area (Å²) in [6.07, 6.45) is 17.5. The van der Waals surface area contributed by atoms with E-state index in [1.54, 1.807) is 0 Å². The van der Waals surface area contributed by atoms with Crippen LogP contribution in [-0.2, 0) is 0 Å². The first-order valence-corrected chi connectivity index (χ1v) is 17.6. The summed E-state index contributed by atoms with van der Waals surface area (Å²) in [5, 5.41) is 2.35. The second kappa shape index (κ2) is 16.3. The number of benzene rings is 3. The van der Waals surface area contributed by atoms with Crippen molar-refractivity contribution in [3.63, 3.8) is 0 Å². The van der Waals surface area contributed by atoms with Crippen LogP contribution < -0.4 is 9.47 Å². The Labute approximate surface area is 285 Å². The molecule has 5 heteroatoms. The van der Waals surface area contributed by atoms with E-state index in [2.05, 4.69) is 120 Å². The lowest BCUT2D eigenvalue weighted by molar-refractivity contribution is 0.305. The monoisotopic (exact) mass is 637 g/mol. The fourth-order valence-electron chi connectivity index (χ4n) is 6.17. The van der Waals surface area contributed by atoms with Gasteiger partial charge in [0.05, 0.1) is 35.6 Å². The van der Waals surface area contributed by atoms with E-state index in [1.807, 2.05) is 24.5 Å². The molecule has 0 unspecified atom stereocenters. The van der Waals surface area contributed by atoms with Crippen LogP contribution in [0.15, 0.2) is 97.3 Å². The van der Waals surface area contributed by atoms with Gasteiger partial charge in [0.1, 0.15) is 11.5 Å². The maximum atomic E-state index is 6.22. The highest BCUT2D eigenvalue weighted by molar-refractivity contribution is 6.10. The van der Waals surface area contributed by atoms with Crippen LogP contribution in [0, 0.1) is 6.92 Å². The highest BCUT2D eigenvalue weighted by Crippen LogP contribution is 2.36. The van der Waals surface area contributed by atoms with Crippen LogP contribution in [-0.4, -0.2) is 27.7 Å². The molecule has 0 saturated carbocycles. The van der Waals surface area contributed by atoms with Crippen LogP contribution in [0.4, 0.5) is 0 Å². The number of aromatic nitrogens is 3. The molecule has 0 amide bonds. The second-order valence-electron chi connectivity index (χ2n) is 12.6. The largest absolute Gasteiger partial charge is 0.494 e. The molecule has 3 aromatic heterocycles. The fraction of sp³-hybridized carbons (Fsp3) is 0.302. The van der Waals surface area contributed by atoms with Gasteiger partial charge in [0.2, 0.25) is 0 Å². The average molecular weight is 638 g/mol. The van der Waals surface area contributed by atoms with E-state index in [0.717, 1.165) is 76.8 Å². The summed E-state index contributed by atoms with van der Waals surface area (Å²) in [4.78, 5) is 9.04. The zero-order chi connectivity index (χ0) is 33.1. The first kappa shape index (κ1) is 33.0. The van der Waals surface area contributed by atoms with Gasteiger partial charge < -0.3 is 14.0 Å². The normalized spacial score (nSPS) is 11.6. The maximum Gasteiger partial charge on any atom is 0.120 e. The lowest BCUT2D eigenvalue weighted by Crippen LogP contribution is -1.97. The van der Waals surface area contributed by atoms with E-state index in [4.69, 9.17) is 9.47 Å². The lowest BCUT2D eigenvalue weighted by Gasteiger charge is -2.10. The minimum Gasteiger partial charge on any atom is -0.494 e. The average Bonchev–Trinajstić information content (AvgIpc) is 3.44. The maximum absolute atomic E-state index is 6.22. The quantitative estimate of drug-likeness (QED) is 0.0991. The van der Waals surface area contributed by atoms with E-state index < -0.39 is 0 Å². The second-order valence-corrected chi connectivity index (χ2v) is 12.6. The molecular weight excluding hydrogens is 590 g/mol. The van der Waals surface area contributed by atoms with E-state index in [0.29, 0.717) is 0 Å². The molecule has 0 fully saturated rings. The smallest absolute Gasteiger partial charge is 0.120 e. The van der Waals surface area contributed by atoms with Crippen molar-refractivity contribution in [3.8, 4) is 28.6 Å². The van der Waals surface area contributed by atoms with Crippen molar-refractivity contribution in [2.45, 2.75) is 72.1 Å². The van der Waals surface area contributed by atoms with E-state index in [1.165, 1.54) is 54.9 Å². The van der Waals surface area contributed by atoms with Crippen molar-refractivity contribution in [2.75, 3.05) is 13.2 Å². The van der Waals surface area contributed by atoms with Gasteiger partial charge in [-0.2, -0.15) is 0 Å². The van der Waals surface area contributed by atoms with Crippen LogP contribution in [0.1, 0.15) is 81.9 Å². The molecular formula is C43H47N3O2. The zero-order valence-corrected chi connectivity index (χ0v) is 28.6. The number of rotatable bonds is 16. The SMILES string of the molecule is CCCCCCOc1ccc2c(c1)c1cc(OCCCCCC)ccc1n2-c1ccc(C=Cc2ccnc(-c3cc(C)ccn3)c2)cc1. The number of ether oxygens (including phenoxy) is 2. The van der Waals surface area contributed by atoms with Crippen molar-refractivity contribution >= 4 is 34.0 Å². The summed E-state index contributed by atoms with van der Waals surface area (Å²) in [5.41, 5.74) is 8.57. The third-order valence-corrected chi connectivity index (χ3v) is 8.82. The number of nitrogens with zero attached hydrogens (tertiary/aromatic N) is 3. The molecule has 246 valence electrons. The molecule has 0 aliphatic rings. The van der Waals surface area contributed by atoms with Gasteiger partial charge in [-0.3, -0.25) is 9.97 Å². The number of fused-ring (bicyclic) bond motifs is 3. The minimum atomic E-state index is 0.745. The number of aryl methyl sites for hydroxylation is 1. The first-order valence-electron chi connectivity index (χ1n) is 17.6. The number of hydrogen-bond donors (Lipinski definition) is 0. The standard InChI is InChI=1S/C43H47N3O2/c1-4-6-8-10-26-47-36-18-20-42-38(30-36)39-31-37(48-27-11-9-7-5-2)19-21-43(39)46(42)35-16-14-33(15-17-35)12-13-34-23-25-45-41(29-34)40-28-32(3)22-24-44-40/h12-25,28-31H,4-11,26-27H2,1-3H3. The van der Waals surface area contributed by atoms with Crippen molar-refractivity contribution in [1.82, 2.24) is 14.5 Å². The molecule has 0 radical (unpaired) electrons. The molecule has 48 heavy (non-hydrogen) atoms. The molecule has 0 N–H and O–H groups in total. The van der Waals surface area contributed by atoms with Crippen molar-refractivity contribution < 1.29 is 9.47 Å². The fourth-order valence-corrected chi connectivity index (χ4v) is 6.17. The first-order chi connectivity index (χ1) is 23.6. The summed E-state index contributed by atoms with van der Waals surface area (Å²) in [6, 6.07) is 29.9. The molecule has 6 aromatic rings. The van der Waals surface area contributed by atoms with Gasteiger partial charge in [-0.15, -0.1) is 0 Å². The third-order valence-electron chi connectivity index (χ3n) is 8.82. The highest BCUT2D eigenvalue weighted by Gasteiger charge is 2.15. The van der Waals surface area contributed by atoms with Gasteiger partial charge >= 0.3 is 0 Å². The Hall–Kier alpha value is -4.90. The van der Waals surface area contributed by atoms with Gasteiger partial charge in [-0.1, -0.05) is 76.7 Å². The molecule has 0 aliphatic heterocycles. The van der Waals surface area contributed by atoms with Crippen LogP contribution >= 0.6 is 0 Å². The van der Waals surface area contributed by atoms with E-state index in [-0.39, 0.29) is 0 Å². The molecule has 5 nitrogen and oxygen atoms in total. The van der Waals surface area contributed by atoms with E-state index in [9.17, 15) is 0 Å². The molecule has 3 aromatic carbocycles. The van der Waals surface area contributed by atoms with Gasteiger partial charge in [0, 0.05) is 28.9 Å². The Balaban J connectivity index is 1.27. The zero-order valence-electron chi connectivity index (χ0n) is 28.6. The summed E-state index contributed by atoms with van der Waals surface area (Å²) in [7, 11) is 0. The Morgan fingerprint density at radius 2 is 1.12 bits per heavy atom. The van der Waals surface area contributed by atoms with Gasteiger partial charge in [0.25, 0.3) is 0 Å². The van der Waals surface area contributed by atoms with Crippen molar-refractivity contribution in [3.05, 3.63) is 114 Å². The van der Waals surface area contributed by atoms with E-state index >= 15 is 0 Å². The summed E-state index contributed by atoms with van der Waals surface area (Å²) in [6.45, 7) is 8.04. The van der Waals surface area contributed by atoms with Gasteiger partial charge in [-0.05, 0) is 109 Å². The predicted molar refractivity (Wildman–Crippen MR) is 201 cm³/mol. The highest BCUT2D eigenvalue weighted by atomic mass is 16.5. The van der Waals surface area contributed by atoms with Crippen molar-refractivity contribution in [1.29, 1.82) is 0 Å². The van der Waals surface area contributed by atoms with Gasteiger partial charge in [-0.25, -0.2) is 0 Å². The predicted octanol–water partition coefficient (Wildman–Crippen LogP) is 11.6. The summed E-state index contributed by atoms with van der Waals surface area (Å²) >= 11 is 0. The molecule has 3 heterocycles. The molecule has 0 bridgehead atoms. The number of hydrogen-bond acceptors (Lipinski definition) is 4. The topological polar surface area (TPSA) is 49.2 Å². The van der Waals surface area contributed by atoms with Gasteiger partial charge in [0.15, 0.2) is 0 Å². The summed E-state index contributed by atoms with van der Waals surface area (Å²) < 4.78 is 14.8. The number of pyridine rings is 2. The molecule has 0 atom stereocenters. The Kier molecular flexibility index (Phi) is 11.2. The van der Waals surface area contributed by atoms with Crippen LogP contribution in [0.5, 0.6) is 11.5 Å². The Morgan fingerprint density at radius 3 is 1.71 bits per heavy atom. The lowest BCUT2D eigenvalue weighted by atomic mass is 10.1. The van der Waals surface area contributed by atoms with Crippen molar-refractivity contribution in [2.24, 2.45) is 0 Å². The minimum absolute atomic E-state index is 0.745. The molecule has 0 spiro atoms. The molecule has 6 rings (SSSR count). The summed E-state index contributed by atoms with van der Waals surface area (Å²) in [5.74, 6) is 1.84. The number of unbranched alkanes of at least 4 members (excludes halogenated alkanes) is 6. The van der Waals surface area contributed by atoms with Crippen LogP contribution in [0.3, 0.4) is 0 Å². The Bertz CT molecular complexity index is 1900.